The topological polar surface area (TPSA) is 25.7 Å². The third-order valence-corrected chi connectivity index (χ3v) is 18.1. The maximum atomic E-state index is 7.38. The van der Waals surface area contributed by atoms with Crippen LogP contribution in [0.25, 0.3) is 93.0 Å². The largest absolute Gasteiger partial charge is 0.455 e. The van der Waals surface area contributed by atoms with Gasteiger partial charge in [0.05, 0.1) is 16.6 Å². The Labute approximate surface area is 455 Å². The quantitative estimate of drug-likeness (QED) is 0.153. The lowest BCUT2D eigenvalue weighted by Crippen LogP contribution is -2.57. The van der Waals surface area contributed by atoms with Crippen molar-refractivity contribution in [1.82, 2.24) is 8.88 Å². The second-order valence-electron chi connectivity index (χ2n) is 29.6. The lowest BCUT2D eigenvalue weighted by Gasteiger charge is -2.42. The molecule has 8 aromatic carbocycles. The maximum Gasteiger partial charge on any atom is 0.333 e. The van der Waals surface area contributed by atoms with Crippen molar-refractivity contribution in [3.05, 3.63) is 155 Å². The number of rotatable bonds is 1. The van der Waals surface area contributed by atoms with E-state index < -0.39 is 0 Å². The molecule has 2 aliphatic rings. The smallest absolute Gasteiger partial charge is 0.333 e. The highest BCUT2D eigenvalue weighted by molar-refractivity contribution is 6.92. The van der Waals surface area contributed by atoms with Crippen molar-refractivity contribution < 1.29 is 4.42 Å². The van der Waals surface area contributed by atoms with Crippen LogP contribution in [0.3, 0.4) is 0 Å². The van der Waals surface area contributed by atoms with Crippen LogP contribution in [0.15, 0.2) is 126 Å². The third-order valence-electron chi connectivity index (χ3n) is 18.1. The number of hydrogen-bond donors (Lipinski definition) is 0. The molecule has 0 saturated heterocycles. The van der Waals surface area contributed by atoms with Gasteiger partial charge < -0.3 is 18.2 Å². The molecule has 12 aromatic rings. The van der Waals surface area contributed by atoms with E-state index in [2.05, 4.69) is 260 Å². The van der Waals surface area contributed by atoms with Gasteiger partial charge in [0.15, 0.2) is 0 Å². The van der Waals surface area contributed by atoms with Gasteiger partial charge in [-0.3, -0.25) is 0 Å². The number of fused-ring (bicyclic) bond motifs is 18. The predicted molar refractivity (Wildman–Crippen MR) is 334 cm³/mol. The van der Waals surface area contributed by atoms with Crippen LogP contribution < -0.4 is 15.8 Å². The van der Waals surface area contributed by atoms with Crippen molar-refractivity contribution in [3.63, 3.8) is 0 Å². The van der Waals surface area contributed by atoms with E-state index in [1.54, 1.807) is 0 Å². The summed E-state index contributed by atoms with van der Waals surface area (Å²) in [5.41, 5.74) is 24.5. The van der Waals surface area contributed by atoms with Gasteiger partial charge in [-0.05, 0) is 156 Å². The molecule has 0 N–H and O–H groups in total. The van der Waals surface area contributed by atoms with Gasteiger partial charge in [0.25, 0.3) is 0 Å². The normalized spacial score (nSPS) is 14.6. The van der Waals surface area contributed by atoms with Crippen LogP contribution in [0.5, 0.6) is 0 Å². The minimum absolute atomic E-state index is 0.0315. The first-order valence-electron chi connectivity index (χ1n) is 28.4. The Morgan fingerprint density at radius 1 is 0.377 bits per heavy atom. The molecule has 0 amide bonds. The molecule has 386 valence electrons. The lowest BCUT2D eigenvalue weighted by molar-refractivity contribution is 0.568. The second kappa shape index (κ2) is 15.0. The molecule has 6 heterocycles. The maximum absolute atomic E-state index is 7.38. The highest BCUT2D eigenvalue weighted by Gasteiger charge is 2.47. The van der Waals surface area contributed by atoms with Crippen molar-refractivity contribution in [2.24, 2.45) is 0 Å². The van der Waals surface area contributed by atoms with Crippen LogP contribution in [-0.2, 0) is 32.5 Å². The zero-order valence-corrected chi connectivity index (χ0v) is 48.9. The van der Waals surface area contributed by atoms with Crippen LogP contribution in [0.1, 0.15) is 158 Å². The van der Waals surface area contributed by atoms with Crippen molar-refractivity contribution in [2.75, 3.05) is 4.90 Å². The summed E-state index contributed by atoms with van der Waals surface area (Å²) in [6, 6.07) is 48.5. The first-order chi connectivity index (χ1) is 36.0. The van der Waals surface area contributed by atoms with E-state index in [-0.39, 0.29) is 39.3 Å². The summed E-state index contributed by atoms with van der Waals surface area (Å²) in [7, 11) is 0. The molecule has 0 saturated carbocycles. The SMILES string of the molecule is CC(C)(C)c1cc(N2c3cc4c(oc5ccccc54)c4c3B(c3c2cc2c5cc(C(C)(C)C)ccc5n5c6ccc(C(C)(C)C)cc6c3c25)n2c3ccc(C(C)(C)C)cc3c3cc(C(C)(C)C)cc-4c32)cc(C(C)(C)C)c1. The summed E-state index contributed by atoms with van der Waals surface area (Å²) in [4.78, 5) is 2.72. The Morgan fingerprint density at radius 3 is 1.43 bits per heavy atom. The number of nitrogens with zero attached hydrogens (tertiary/aromatic N) is 3. The van der Waals surface area contributed by atoms with Gasteiger partial charge in [0, 0.05) is 82.3 Å². The number of aromatic nitrogens is 2. The van der Waals surface area contributed by atoms with E-state index in [4.69, 9.17) is 4.42 Å². The van der Waals surface area contributed by atoms with Gasteiger partial charge in [-0.2, -0.15) is 0 Å². The van der Waals surface area contributed by atoms with Gasteiger partial charge in [-0.25, -0.2) is 0 Å². The molecular weight excluding hydrogens is 934 g/mol. The van der Waals surface area contributed by atoms with Crippen molar-refractivity contribution >= 4 is 117 Å². The van der Waals surface area contributed by atoms with Crippen LogP contribution in [-0.4, -0.2) is 15.7 Å². The number of benzene rings is 8. The molecule has 0 unspecified atom stereocenters. The fourth-order valence-corrected chi connectivity index (χ4v) is 13.6. The Bertz CT molecular complexity index is 4530. The summed E-state index contributed by atoms with van der Waals surface area (Å²) in [5.74, 6) is 0. The van der Waals surface area contributed by atoms with Gasteiger partial charge in [0.1, 0.15) is 11.2 Å². The van der Waals surface area contributed by atoms with Crippen LogP contribution >= 0.6 is 0 Å². The third kappa shape index (κ3) is 6.71. The molecule has 0 atom stereocenters. The van der Waals surface area contributed by atoms with Crippen molar-refractivity contribution in [3.8, 4) is 11.1 Å². The Morgan fingerprint density at radius 2 is 0.844 bits per heavy atom. The zero-order chi connectivity index (χ0) is 54.3. The van der Waals surface area contributed by atoms with Gasteiger partial charge >= 0.3 is 6.85 Å². The van der Waals surface area contributed by atoms with Crippen LogP contribution in [0.2, 0.25) is 0 Å². The Kier molecular flexibility index (Phi) is 9.42. The number of anilines is 3. The average Bonchev–Trinajstić information content (AvgIpc) is 3.85. The summed E-state index contributed by atoms with van der Waals surface area (Å²) < 4.78 is 12.8. The van der Waals surface area contributed by atoms with E-state index >= 15 is 0 Å². The molecule has 5 heteroatoms. The zero-order valence-electron chi connectivity index (χ0n) is 48.9. The molecule has 2 aliphatic heterocycles. The molecule has 0 radical (unpaired) electrons. The van der Waals surface area contributed by atoms with E-state index in [0.717, 1.165) is 21.9 Å². The van der Waals surface area contributed by atoms with E-state index in [1.807, 2.05) is 0 Å². The van der Waals surface area contributed by atoms with Crippen molar-refractivity contribution in [2.45, 2.75) is 157 Å². The van der Waals surface area contributed by atoms with Gasteiger partial charge in [-0.1, -0.05) is 167 Å². The fourth-order valence-electron chi connectivity index (χ4n) is 13.6. The van der Waals surface area contributed by atoms with Gasteiger partial charge in [0.2, 0.25) is 0 Å². The molecule has 0 aliphatic carbocycles. The van der Waals surface area contributed by atoms with Crippen molar-refractivity contribution in [1.29, 1.82) is 0 Å². The Balaban J connectivity index is 1.28. The second-order valence-corrected chi connectivity index (χ2v) is 29.6. The van der Waals surface area contributed by atoms with E-state index in [1.165, 1.54) is 132 Å². The first kappa shape index (κ1) is 48.4. The van der Waals surface area contributed by atoms with Gasteiger partial charge in [-0.15, -0.1) is 0 Å². The monoisotopic (exact) mass is 1010 g/mol. The Hall–Kier alpha value is -6.98. The molecule has 0 fully saturated rings. The summed E-state index contributed by atoms with van der Waals surface area (Å²) >= 11 is 0. The summed E-state index contributed by atoms with van der Waals surface area (Å²) in [6.45, 7) is 42.3. The molecule has 77 heavy (non-hydrogen) atoms. The number of furan rings is 1. The molecular formula is C72H74BN3O. The standard InChI is InChI=1S/C72H74BN3O/c1-67(2,3)39-23-26-54-47(32-39)50-37-57-62(60-52-34-41(69(7,8)9)24-27-55(52)75(54)65(50)60)73-63-58(74(57)45-30-42(70(10,11)12)29-43(31-45)71(13,14)15)38-51-46-21-19-20-22-59(46)77-66(51)61(63)53-36-44(72(16,17)18)35-49-48-33-40(68(4,5)6)25-28-56(48)76(73)64(49)53/h19-38H,1-18H3. The van der Waals surface area contributed by atoms with E-state index in [9.17, 15) is 0 Å². The van der Waals surface area contributed by atoms with Crippen LogP contribution in [0.4, 0.5) is 17.1 Å². The highest BCUT2D eigenvalue weighted by Crippen LogP contribution is 2.54. The lowest BCUT2D eigenvalue weighted by atomic mass is 9.44. The number of para-hydroxylation sites is 1. The fraction of sp³-hybridized carbons (Fsp3) is 0.333. The van der Waals surface area contributed by atoms with E-state index in [0.29, 0.717) is 0 Å². The molecule has 4 aromatic heterocycles. The molecule has 4 nitrogen and oxygen atoms in total. The highest BCUT2D eigenvalue weighted by atomic mass is 16.3. The molecule has 0 spiro atoms. The average molecular weight is 1010 g/mol. The summed E-state index contributed by atoms with van der Waals surface area (Å²) in [5, 5.41) is 10.1. The first-order valence-corrected chi connectivity index (χ1v) is 28.4. The molecule has 14 rings (SSSR count). The number of hydrogen-bond acceptors (Lipinski definition) is 2. The predicted octanol–water partition coefficient (Wildman–Crippen LogP) is 19.0. The van der Waals surface area contributed by atoms with Crippen LogP contribution in [0, 0.1) is 0 Å². The molecule has 0 bridgehead atoms. The minimum Gasteiger partial charge on any atom is -0.455 e. The minimum atomic E-state index is -0.217. The summed E-state index contributed by atoms with van der Waals surface area (Å²) in [6.07, 6.45) is 0.